The van der Waals surface area contributed by atoms with Gasteiger partial charge in [-0.1, -0.05) is 43.6 Å². The van der Waals surface area contributed by atoms with Crippen LogP contribution in [0.4, 0.5) is 0 Å². The fourth-order valence-corrected chi connectivity index (χ4v) is 5.28. The molecule has 2 saturated heterocycles. The summed E-state index contributed by atoms with van der Waals surface area (Å²) in [5.41, 5.74) is 0. The predicted octanol–water partition coefficient (Wildman–Crippen LogP) is 2.77. The summed E-state index contributed by atoms with van der Waals surface area (Å²) < 4.78 is 1.17. The molecule has 3 heterocycles. The largest absolute Gasteiger partial charge is 0.342 e. The summed E-state index contributed by atoms with van der Waals surface area (Å²) in [6.45, 7) is 5.13. The van der Waals surface area contributed by atoms with Gasteiger partial charge >= 0.3 is 0 Å². The van der Waals surface area contributed by atoms with Crippen molar-refractivity contribution < 1.29 is 9.59 Å². The predicted molar refractivity (Wildman–Crippen MR) is 104 cm³/mol. The number of thiophene rings is 1. The molecule has 2 fully saturated rings. The Labute approximate surface area is 161 Å². The van der Waals surface area contributed by atoms with Crippen LogP contribution in [0, 0.1) is 5.92 Å². The van der Waals surface area contributed by atoms with E-state index >= 15 is 0 Å². The minimum atomic E-state index is -0.408. The van der Waals surface area contributed by atoms with Crippen molar-refractivity contribution in [3.05, 3.63) is 34.2 Å². The van der Waals surface area contributed by atoms with Crippen molar-refractivity contribution >= 4 is 44.8 Å². The number of hydrogen-bond donors (Lipinski definition) is 2. The zero-order chi connectivity index (χ0) is 18.4. The molecule has 0 spiro atoms. The molecule has 4 rings (SSSR count). The standard InChI is InChI=1S/C19H22ClN3O2S/c1-10(2)17-19(25)23-9-11(7-13(23)18(24)22-17)21-8-15-16(20)12-5-3-4-6-14(12)26-15/h3-6,10-11,13,17,21H,7-9H2,1-2H3,(H,22,24)/t11-,13-,17+/m0/s1. The number of piperazine rings is 1. The number of rotatable bonds is 4. The molecule has 2 N–H and O–H groups in total. The first kappa shape index (κ1) is 17.8. The molecule has 138 valence electrons. The maximum absolute atomic E-state index is 12.6. The normalized spacial score (nSPS) is 25.8. The van der Waals surface area contributed by atoms with Crippen LogP contribution >= 0.6 is 22.9 Å². The number of carbonyl (C=O) groups excluding carboxylic acids is 2. The van der Waals surface area contributed by atoms with Crippen LogP contribution in [0.1, 0.15) is 25.1 Å². The summed E-state index contributed by atoms with van der Waals surface area (Å²) in [6.07, 6.45) is 0.644. The lowest BCUT2D eigenvalue weighted by atomic mass is 9.98. The van der Waals surface area contributed by atoms with Crippen LogP contribution in [0.15, 0.2) is 24.3 Å². The summed E-state index contributed by atoms with van der Waals surface area (Å²) in [4.78, 5) is 27.9. The molecule has 2 aliphatic heterocycles. The average Bonchev–Trinajstić information content (AvgIpc) is 3.19. The van der Waals surface area contributed by atoms with Gasteiger partial charge in [0.25, 0.3) is 0 Å². The van der Waals surface area contributed by atoms with E-state index in [2.05, 4.69) is 16.7 Å². The Bertz CT molecular complexity index is 866. The van der Waals surface area contributed by atoms with Gasteiger partial charge in [0, 0.05) is 34.1 Å². The first-order chi connectivity index (χ1) is 12.5. The number of carbonyl (C=O) groups is 2. The van der Waals surface area contributed by atoms with Crippen LogP contribution in [0.3, 0.4) is 0 Å². The molecule has 7 heteroatoms. The van der Waals surface area contributed by atoms with E-state index in [0.717, 1.165) is 15.3 Å². The highest BCUT2D eigenvalue weighted by atomic mass is 35.5. The fourth-order valence-electron chi connectivity index (χ4n) is 3.83. The van der Waals surface area contributed by atoms with Gasteiger partial charge in [0.1, 0.15) is 12.1 Å². The van der Waals surface area contributed by atoms with Crippen LogP contribution in [-0.2, 0) is 16.1 Å². The highest BCUT2D eigenvalue weighted by Crippen LogP contribution is 2.35. The summed E-state index contributed by atoms with van der Waals surface area (Å²) >= 11 is 8.19. The van der Waals surface area contributed by atoms with Crippen LogP contribution in [-0.4, -0.2) is 41.4 Å². The van der Waals surface area contributed by atoms with Crippen LogP contribution in [0.2, 0.25) is 5.02 Å². The monoisotopic (exact) mass is 391 g/mol. The molecule has 26 heavy (non-hydrogen) atoms. The SMILES string of the molecule is CC(C)[C@H]1NC(=O)[C@@H]2C[C@H](NCc3sc4ccccc4c3Cl)CN2C1=O. The summed E-state index contributed by atoms with van der Waals surface area (Å²) in [6, 6.07) is 7.44. The molecule has 1 aromatic heterocycles. The third-order valence-corrected chi connectivity index (χ3v) is 6.98. The molecule has 2 aliphatic rings. The van der Waals surface area contributed by atoms with E-state index in [-0.39, 0.29) is 29.8 Å². The lowest BCUT2D eigenvalue weighted by Crippen LogP contribution is -2.62. The van der Waals surface area contributed by atoms with Gasteiger partial charge in [-0.3, -0.25) is 9.59 Å². The molecule has 0 bridgehead atoms. The molecule has 1 aromatic carbocycles. The molecule has 2 aromatic rings. The fraction of sp³-hybridized carbons (Fsp3) is 0.474. The topological polar surface area (TPSA) is 61.4 Å². The van der Waals surface area contributed by atoms with Gasteiger partial charge in [0.2, 0.25) is 11.8 Å². The number of nitrogens with one attached hydrogen (secondary N) is 2. The van der Waals surface area contributed by atoms with Crippen molar-refractivity contribution in [3.63, 3.8) is 0 Å². The highest BCUT2D eigenvalue weighted by molar-refractivity contribution is 7.19. The number of benzene rings is 1. The molecule has 0 radical (unpaired) electrons. The zero-order valence-electron chi connectivity index (χ0n) is 14.8. The van der Waals surface area contributed by atoms with Crippen molar-refractivity contribution in [1.29, 1.82) is 0 Å². The van der Waals surface area contributed by atoms with Crippen LogP contribution in [0.25, 0.3) is 10.1 Å². The van der Waals surface area contributed by atoms with Gasteiger partial charge in [0.05, 0.1) is 5.02 Å². The third kappa shape index (κ3) is 3.00. The third-order valence-electron chi connectivity index (χ3n) is 5.27. The average molecular weight is 392 g/mol. The second kappa shape index (κ2) is 6.83. The smallest absolute Gasteiger partial charge is 0.246 e. The highest BCUT2D eigenvalue weighted by Gasteiger charge is 2.46. The molecular formula is C19H22ClN3O2S. The lowest BCUT2D eigenvalue weighted by molar-refractivity contribution is -0.148. The first-order valence-electron chi connectivity index (χ1n) is 8.96. The van der Waals surface area contributed by atoms with E-state index < -0.39 is 6.04 Å². The zero-order valence-corrected chi connectivity index (χ0v) is 16.4. The van der Waals surface area contributed by atoms with Gasteiger partial charge < -0.3 is 15.5 Å². The number of nitrogens with zero attached hydrogens (tertiary/aromatic N) is 1. The number of amides is 2. The number of hydrogen-bond acceptors (Lipinski definition) is 4. The van der Waals surface area contributed by atoms with E-state index in [1.165, 1.54) is 4.70 Å². The molecule has 5 nitrogen and oxygen atoms in total. The summed E-state index contributed by atoms with van der Waals surface area (Å²) in [5, 5.41) is 8.25. The maximum Gasteiger partial charge on any atom is 0.246 e. The Balaban J connectivity index is 1.45. The Morgan fingerprint density at radius 3 is 2.85 bits per heavy atom. The van der Waals surface area contributed by atoms with Crippen LogP contribution < -0.4 is 10.6 Å². The minimum Gasteiger partial charge on any atom is -0.342 e. The molecule has 0 saturated carbocycles. The summed E-state index contributed by atoms with van der Waals surface area (Å²) in [5.74, 6) is 0.0954. The second-order valence-electron chi connectivity index (χ2n) is 7.39. The quantitative estimate of drug-likeness (QED) is 0.842. The van der Waals surface area contributed by atoms with Gasteiger partial charge in [-0.15, -0.1) is 11.3 Å². The number of halogens is 1. The van der Waals surface area contributed by atoms with Gasteiger partial charge in [0.15, 0.2) is 0 Å². The maximum atomic E-state index is 12.6. The Kier molecular flexibility index (Phi) is 4.67. The van der Waals surface area contributed by atoms with Crippen molar-refractivity contribution in [3.8, 4) is 0 Å². The Morgan fingerprint density at radius 2 is 2.12 bits per heavy atom. The molecular weight excluding hydrogens is 370 g/mol. The van der Waals surface area contributed by atoms with E-state index in [1.54, 1.807) is 16.2 Å². The lowest BCUT2D eigenvalue weighted by Gasteiger charge is -2.36. The molecule has 0 aliphatic carbocycles. The molecule has 0 unspecified atom stereocenters. The Morgan fingerprint density at radius 1 is 1.35 bits per heavy atom. The summed E-state index contributed by atoms with van der Waals surface area (Å²) in [7, 11) is 0. The van der Waals surface area contributed by atoms with E-state index in [4.69, 9.17) is 11.6 Å². The Hall–Kier alpha value is -1.63. The van der Waals surface area contributed by atoms with Gasteiger partial charge in [-0.05, 0) is 18.4 Å². The molecule has 3 atom stereocenters. The molecule has 2 amide bonds. The van der Waals surface area contributed by atoms with E-state index in [1.807, 2.05) is 32.0 Å². The van der Waals surface area contributed by atoms with E-state index in [0.29, 0.717) is 19.5 Å². The second-order valence-corrected chi connectivity index (χ2v) is 8.90. The van der Waals surface area contributed by atoms with Gasteiger partial charge in [-0.2, -0.15) is 0 Å². The number of fused-ring (bicyclic) bond motifs is 2. The minimum absolute atomic E-state index is 0.0347. The van der Waals surface area contributed by atoms with Crippen LogP contribution in [0.5, 0.6) is 0 Å². The van der Waals surface area contributed by atoms with Gasteiger partial charge in [-0.25, -0.2) is 0 Å². The van der Waals surface area contributed by atoms with Crippen molar-refractivity contribution in [2.75, 3.05) is 6.54 Å². The van der Waals surface area contributed by atoms with Crippen molar-refractivity contribution in [1.82, 2.24) is 15.5 Å². The van der Waals surface area contributed by atoms with E-state index in [9.17, 15) is 9.59 Å². The van der Waals surface area contributed by atoms with Crippen molar-refractivity contribution in [2.24, 2.45) is 5.92 Å². The van der Waals surface area contributed by atoms with Crippen molar-refractivity contribution in [2.45, 2.75) is 44.9 Å². The first-order valence-corrected chi connectivity index (χ1v) is 10.1.